The zero-order valence-corrected chi connectivity index (χ0v) is 15.1. The van der Waals surface area contributed by atoms with Gasteiger partial charge in [0.15, 0.2) is 0 Å². The molecular formula is C18H23N7O. The summed E-state index contributed by atoms with van der Waals surface area (Å²) in [5, 5.41) is 8.87. The minimum Gasteiger partial charge on any atom is -0.437 e. The fraction of sp³-hybridized carbons (Fsp3) is 0.444. The molecule has 8 nitrogen and oxygen atoms in total. The molecule has 4 heterocycles. The Morgan fingerprint density at radius 3 is 3.00 bits per heavy atom. The number of rotatable bonds is 5. The molecule has 1 fully saturated rings. The monoisotopic (exact) mass is 353 g/mol. The third-order valence-electron chi connectivity index (χ3n) is 4.81. The van der Waals surface area contributed by atoms with Gasteiger partial charge in [-0.15, -0.1) is 0 Å². The molecule has 0 bridgehead atoms. The Kier molecular flexibility index (Phi) is 4.66. The molecule has 1 unspecified atom stereocenters. The Hall–Kier alpha value is -2.74. The first-order chi connectivity index (χ1) is 12.7. The highest BCUT2D eigenvalue weighted by molar-refractivity contribution is 5.34. The van der Waals surface area contributed by atoms with Crippen molar-refractivity contribution in [3.63, 3.8) is 0 Å². The molecule has 0 aliphatic carbocycles. The topological polar surface area (TPSA) is 73.9 Å². The Balaban J connectivity index is 1.52. The van der Waals surface area contributed by atoms with Crippen LogP contribution in [0.2, 0.25) is 0 Å². The molecule has 0 amide bonds. The van der Waals surface area contributed by atoms with E-state index in [9.17, 15) is 0 Å². The third kappa shape index (κ3) is 3.45. The quantitative estimate of drug-likeness (QED) is 0.701. The van der Waals surface area contributed by atoms with Gasteiger partial charge < -0.3 is 4.74 Å². The van der Waals surface area contributed by atoms with Crippen LogP contribution in [0.1, 0.15) is 30.1 Å². The molecule has 4 rings (SSSR count). The number of hydrogen-bond acceptors (Lipinski definition) is 6. The van der Waals surface area contributed by atoms with Gasteiger partial charge in [0, 0.05) is 26.3 Å². The number of aromatic nitrogens is 6. The van der Waals surface area contributed by atoms with Gasteiger partial charge >= 0.3 is 0 Å². The number of nitrogens with zero attached hydrogens (tertiary/aromatic N) is 7. The Bertz CT molecular complexity index is 844. The van der Waals surface area contributed by atoms with Crippen LogP contribution in [0.5, 0.6) is 11.6 Å². The molecule has 1 aliphatic heterocycles. The van der Waals surface area contributed by atoms with Crippen molar-refractivity contribution in [2.24, 2.45) is 7.05 Å². The molecule has 3 aromatic rings. The van der Waals surface area contributed by atoms with Gasteiger partial charge in [0.1, 0.15) is 18.4 Å². The summed E-state index contributed by atoms with van der Waals surface area (Å²) in [6.07, 6.45) is 9.13. The summed E-state index contributed by atoms with van der Waals surface area (Å²) in [4.78, 5) is 10.6. The average molecular weight is 353 g/mol. The molecular weight excluding hydrogens is 330 g/mol. The Morgan fingerprint density at radius 2 is 2.23 bits per heavy atom. The summed E-state index contributed by atoms with van der Waals surface area (Å²) in [6, 6.07) is 4.14. The number of hydrogen-bond donors (Lipinski definition) is 0. The van der Waals surface area contributed by atoms with E-state index in [0.29, 0.717) is 6.04 Å². The number of aryl methyl sites for hydroxylation is 2. The van der Waals surface area contributed by atoms with Gasteiger partial charge in [-0.1, -0.05) is 0 Å². The smallest absolute Gasteiger partial charge is 0.222 e. The molecule has 0 saturated carbocycles. The van der Waals surface area contributed by atoms with Gasteiger partial charge in [-0.3, -0.25) is 9.88 Å². The highest BCUT2D eigenvalue weighted by Crippen LogP contribution is 2.30. The lowest BCUT2D eigenvalue weighted by Gasteiger charge is -2.32. The minimum atomic E-state index is 0.367. The van der Waals surface area contributed by atoms with Crippen LogP contribution in [0.25, 0.3) is 0 Å². The van der Waals surface area contributed by atoms with Crippen molar-refractivity contribution in [1.29, 1.82) is 0 Å². The first-order valence-corrected chi connectivity index (χ1v) is 8.87. The van der Waals surface area contributed by atoms with Crippen LogP contribution in [0, 0.1) is 6.92 Å². The lowest BCUT2D eigenvalue weighted by molar-refractivity contribution is 0.161. The summed E-state index contributed by atoms with van der Waals surface area (Å²) in [5.41, 5.74) is 2.12. The van der Waals surface area contributed by atoms with Crippen LogP contribution in [-0.4, -0.2) is 47.5 Å². The second-order valence-corrected chi connectivity index (χ2v) is 6.69. The highest BCUT2D eigenvalue weighted by atomic mass is 16.5. The Morgan fingerprint density at radius 1 is 1.31 bits per heavy atom. The van der Waals surface area contributed by atoms with E-state index in [1.807, 2.05) is 30.8 Å². The van der Waals surface area contributed by atoms with E-state index in [1.54, 1.807) is 29.7 Å². The fourth-order valence-corrected chi connectivity index (χ4v) is 3.53. The minimum absolute atomic E-state index is 0.367. The predicted octanol–water partition coefficient (Wildman–Crippen LogP) is 2.34. The second kappa shape index (κ2) is 7.25. The largest absolute Gasteiger partial charge is 0.437 e. The van der Waals surface area contributed by atoms with Crippen molar-refractivity contribution in [2.45, 2.75) is 32.4 Å². The zero-order valence-electron chi connectivity index (χ0n) is 15.1. The summed E-state index contributed by atoms with van der Waals surface area (Å²) >= 11 is 0. The maximum atomic E-state index is 6.09. The van der Waals surface area contributed by atoms with Crippen molar-refractivity contribution in [2.75, 3.05) is 13.1 Å². The average Bonchev–Trinajstić information content (AvgIpc) is 3.28. The molecule has 136 valence electrons. The molecule has 1 saturated heterocycles. The Labute approximate surface area is 152 Å². The van der Waals surface area contributed by atoms with Gasteiger partial charge in [-0.05, 0) is 38.4 Å². The van der Waals surface area contributed by atoms with Crippen LogP contribution in [0.3, 0.4) is 0 Å². The zero-order chi connectivity index (χ0) is 17.9. The first-order valence-electron chi connectivity index (χ1n) is 8.87. The van der Waals surface area contributed by atoms with E-state index in [0.717, 1.165) is 55.4 Å². The molecule has 3 aromatic heterocycles. The molecule has 0 aromatic carbocycles. The van der Waals surface area contributed by atoms with Crippen LogP contribution < -0.4 is 4.74 Å². The van der Waals surface area contributed by atoms with Crippen LogP contribution >= 0.6 is 0 Å². The van der Waals surface area contributed by atoms with Gasteiger partial charge in [0.2, 0.25) is 5.88 Å². The molecule has 1 atom stereocenters. The normalized spacial score (nSPS) is 18.2. The number of ether oxygens (including phenoxy) is 1. The first kappa shape index (κ1) is 16.7. The van der Waals surface area contributed by atoms with Gasteiger partial charge in [-0.25, -0.2) is 14.3 Å². The second-order valence-electron chi connectivity index (χ2n) is 6.69. The van der Waals surface area contributed by atoms with E-state index >= 15 is 0 Å². The lowest BCUT2D eigenvalue weighted by atomic mass is 10.1. The third-order valence-corrected chi connectivity index (χ3v) is 4.81. The van der Waals surface area contributed by atoms with Crippen molar-refractivity contribution >= 4 is 0 Å². The van der Waals surface area contributed by atoms with E-state index in [4.69, 9.17) is 4.74 Å². The van der Waals surface area contributed by atoms with E-state index in [2.05, 4.69) is 25.1 Å². The SMILES string of the molecule is Cc1nn(C)c(Oc2cccnc2)c1CN1CCCC(n2cncn2)C1. The highest BCUT2D eigenvalue weighted by Gasteiger charge is 2.25. The van der Waals surface area contributed by atoms with Crippen LogP contribution in [0.4, 0.5) is 0 Å². The van der Waals surface area contributed by atoms with Crippen molar-refractivity contribution < 1.29 is 4.74 Å². The molecule has 0 spiro atoms. The molecule has 1 aliphatic rings. The number of piperidine rings is 1. The summed E-state index contributed by atoms with van der Waals surface area (Å²) in [7, 11) is 1.91. The van der Waals surface area contributed by atoms with Crippen molar-refractivity contribution in [1.82, 2.24) is 34.4 Å². The summed E-state index contributed by atoms with van der Waals surface area (Å²) in [6.45, 7) is 4.85. The molecule has 26 heavy (non-hydrogen) atoms. The van der Waals surface area contributed by atoms with Gasteiger partial charge in [0.05, 0.1) is 23.5 Å². The number of pyridine rings is 1. The van der Waals surface area contributed by atoms with E-state index < -0.39 is 0 Å². The standard InChI is InChI=1S/C18H23N7O/c1-14-17(18(23(2)22-14)26-16-6-3-7-19-9-16)11-24-8-4-5-15(10-24)25-13-20-12-21-25/h3,6-7,9,12-13,15H,4-5,8,10-11H2,1-2H3. The van der Waals surface area contributed by atoms with Crippen molar-refractivity contribution in [3.8, 4) is 11.6 Å². The predicted molar refractivity (Wildman–Crippen MR) is 95.8 cm³/mol. The molecule has 0 radical (unpaired) electrons. The van der Waals surface area contributed by atoms with E-state index in [-0.39, 0.29) is 0 Å². The molecule has 0 N–H and O–H groups in total. The number of likely N-dealkylation sites (tertiary alicyclic amines) is 1. The molecule has 8 heteroatoms. The van der Waals surface area contributed by atoms with Gasteiger partial charge in [-0.2, -0.15) is 10.2 Å². The summed E-state index contributed by atoms with van der Waals surface area (Å²) < 4.78 is 9.86. The maximum absolute atomic E-state index is 6.09. The lowest BCUT2D eigenvalue weighted by Crippen LogP contribution is -2.36. The van der Waals surface area contributed by atoms with Crippen LogP contribution in [0.15, 0.2) is 37.2 Å². The van der Waals surface area contributed by atoms with Gasteiger partial charge in [0.25, 0.3) is 0 Å². The van der Waals surface area contributed by atoms with Crippen LogP contribution in [-0.2, 0) is 13.6 Å². The summed E-state index contributed by atoms with van der Waals surface area (Å²) in [5.74, 6) is 1.49. The van der Waals surface area contributed by atoms with Crippen molar-refractivity contribution in [3.05, 3.63) is 48.4 Å². The fourth-order valence-electron chi connectivity index (χ4n) is 3.53. The van der Waals surface area contributed by atoms with E-state index in [1.165, 1.54) is 0 Å². The maximum Gasteiger partial charge on any atom is 0.222 e.